The van der Waals surface area contributed by atoms with Crippen LogP contribution >= 0.6 is 0 Å². The first kappa shape index (κ1) is 13.7. The summed E-state index contributed by atoms with van der Waals surface area (Å²) < 4.78 is 5.49. The summed E-state index contributed by atoms with van der Waals surface area (Å²) in [6, 6.07) is 15.2. The van der Waals surface area contributed by atoms with E-state index in [1.165, 1.54) is 12.1 Å². The molecule has 0 aliphatic carbocycles. The summed E-state index contributed by atoms with van der Waals surface area (Å²) in [6.07, 6.45) is 0. The van der Waals surface area contributed by atoms with E-state index in [-0.39, 0.29) is 5.69 Å². The quantitative estimate of drug-likeness (QED) is 0.594. The summed E-state index contributed by atoms with van der Waals surface area (Å²) in [5.41, 5.74) is 0.0559. The third-order valence-electron chi connectivity index (χ3n) is 2.03. The van der Waals surface area contributed by atoms with Crippen molar-refractivity contribution in [2.24, 2.45) is 0 Å². The molecular formula is C14H15NO3. The lowest BCUT2D eigenvalue weighted by Crippen LogP contribution is -1.88. The van der Waals surface area contributed by atoms with Crippen molar-refractivity contribution in [3.63, 3.8) is 0 Å². The van der Waals surface area contributed by atoms with Crippen LogP contribution in [0.3, 0.4) is 0 Å². The average molecular weight is 245 g/mol. The molecule has 0 amide bonds. The fourth-order valence-electron chi connectivity index (χ4n) is 1.26. The second kappa shape index (κ2) is 7.06. The van der Waals surface area contributed by atoms with Gasteiger partial charge in [-0.25, -0.2) is 0 Å². The molecule has 0 saturated carbocycles. The minimum atomic E-state index is -0.438. The number of para-hydroxylation sites is 1. The lowest BCUT2D eigenvalue weighted by atomic mass is 10.3. The smallest absolute Gasteiger partial charge is 0.269 e. The Bertz CT molecular complexity index is 480. The van der Waals surface area contributed by atoms with Crippen molar-refractivity contribution >= 4 is 5.69 Å². The van der Waals surface area contributed by atoms with E-state index in [1.54, 1.807) is 12.1 Å². The van der Waals surface area contributed by atoms with Gasteiger partial charge in [-0.1, -0.05) is 32.0 Å². The third kappa shape index (κ3) is 3.90. The molecule has 0 unspecified atom stereocenters. The standard InChI is InChI=1S/C12H9NO3.C2H6/c14-13(15)10-6-8-12(9-7-10)16-11-4-2-1-3-5-11;1-2/h1-9H;1-2H3. The minimum Gasteiger partial charge on any atom is -0.457 e. The maximum absolute atomic E-state index is 10.4. The fourth-order valence-corrected chi connectivity index (χ4v) is 1.26. The Hall–Kier alpha value is -2.36. The van der Waals surface area contributed by atoms with Crippen LogP contribution in [-0.4, -0.2) is 4.92 Å². The lowest BCUT2D eigenvalue weighted by molar-refractivity contribution is -0.384. The van der Waals surface area contributed by atoms with Gasteiger partial charge in [0, 0.05) is 12.1 Å². The van der Waals surface area contributed by atoms with E-state index in [4.69, 9.17) is 4.74 Å². The second-order valence-electron chi connectivity index (χ2n) is 3.17. The molecule has 18 heavy (non-hydrogen) atoms. The van der Waals surface area contributed by atoms with Gasteiger partial charge in [0.25, 0.3) is 5.69 Å². The number of nitrogens with zero attached hydrogens (tertiary/aromatic N) is 1. The maximum Gasteiger partial charge on any atom is 0.269 e. The molecule has 2 rings (SSSR count). The van der Waals surface area contributed by atoms with E-state index in [0.717, 1.165) is 0 Å². The van der Waals surface area contributed by atoms with Crippen LogP contribution in [0.25, 0.3) is 0 Å². The molecule has 0 saturated heterocycles. The molecule has 0 aliphatic rings. The van der Waals surface area contributed by atoms with Crippen molar-refractivity contribution in [3.8, 4) is 11.5 Å². The van der Waals surface area contributed by atoms with E-state index >= 15 is 0 Å². The Balaban J connectivity index is 0.000000771. The fraction of sp³-hybridized carbons (Fsp3) is 0.143. The molecule has 94 valence electrons. The van der Waals surface area contributed by atoms with E-state index < -0.39 is 4.92 Å². The SMILES string of the molecule is CC.O=[N+]([O-])c1ccc(Oc2ccccc2)cc1. The number of benzene rings is 2. The van der Waals surface area contributed by atoms with Crippen molar-refractivity contribution in [3.05, 3.63) is 64.7 Å². The summed E-state index contributed by atoms with van der Waals surface area (Å²) in [5, 5.41) is 10.4. The molecule has 0 atom stereocenters. The summed E-state index contributed by atoms with van der Waals surface area (Å²) in [5.74, 6) is 1.29. The molecule has 2 aromatic rings. The predicted molar refractivity (Wildman–Crippen MR) is 71.0 cm³/mol. The number of nitro benzene ring substituents is 1. The van der Waals surface area contributed by atoms with Crippen LogP contribution in [-0.2, 0) is 0 Å². The van der Waals surface area contributed by atoms with Crippen molar-refractivity contribution < 1.29 is 9.66 Å². The van der Waals surface area contributed by atoms with Gasteiger partial charge in [0.2, 0.25) is 0 Å². The highest BCUT2D eigenvalue weighted by Crippen LogP contribution is 2.23. The van der Waals surface area contributed by atoms with E-state index in [9.17, 15) is 10.1 Å². The molecule has 4 heteroatoms. The Morgan fingerprint density at radius 1 is 0.889 bits per heavy atom. The third-order valence-corrected chi connectivity index (χ3v) is 2.03. The Morgan fingerprint density at radius 2 is 1.39 bits per heavy atom. The Kier molecular flexibility index (Phi) is 5.38. The highest BCUT2D eigenvalue weighted by molar-refractivity contribution is 5.38. The van der Waals surface area contributed by atoms with Crippen molar-refractivity contribution in [2.75, 3.05) is 0 Å². The second-order valence-corrected chi connectivity index (χ2v) is 3.17. The highest BCUT2D eigenvalue weighted by Gasteiger charge is 2.04. The molecule has 2 aromatic carbocycles. The molecule has 0 aromatic heterocycles. The summed E-state index contributed by atoms with van der Waals surface area (Å²) in [4.78, 5) is 10.00. The number of nitro groups is 1. The van der Waals surface area contributed by atoms with Gasteiger partial charge in [0.15, 0.2) is 0 Å². The molecule has 4 nitrogen and oxygen atoms in total. The van der Waals surface area contributed by atoms with E-state index in [1.807, 2.05) is 44.2 Å². The molecule has 0 bridgehead atoms. The molecule has 0 heterocycles. The van der Waals surface area contributed by atoms with Crippen LogP contribution in [0.5, 0.6) is 11.5 Å². The molecule has 0 N–H and O–H groups in total. The summed E-state index contributed by atoms with van der Waals surface area (Å²) >= 11 is 0. The number of hydrogen-bond acceptors (Lipinski definition) is 3. The van der Waals surface area contributed by atoms with Gasteiger partial charge in [-0.15, -0.1) is 0 Å². The van der Waals surface area contributed by atoms with Gasteiger partial charge >= 0.3 is 0 Å². The first-order valence-corrected chi connectivity index (χ1v) is 5.73. The maximum atomic E-state index is 10.4. The average Bonchev–Trinajstić information content (AvgIpc) is 2.43. The Labute approximate surface area is 106 Å². The van der Waals surface area contributed by atoms with Gasteiger partial charge in [0.1, 0.15) is 11.5 Å². The normalized spacial score (nSPS) is 9.00. The van der Waals surface area contributed by atoms with Crippen molar-refractivity contribution in [1.29, 1.82) is 0 Å². The zero-order chi connectivity index (χ0) is 13.4. The topological polar surface area (TPSA) is 52.4 Å². The molecule has 0 radical (unpaired) electrons. The Morgan fingerprint density at radius 3 is 1.89 bits per heavy atom. The monoisotopic (exact) mass is 245 g/mol. The largest absolute Gasteiger partial charge is 0.457 e. The van der Waals surface area contributed by atoms with Crippen LogP contribution in [0, 0.1) is 10.1 Å². The van der Waals surface area contributed by atoms with Gasteiger partial charge in [-0.2, -0.15) is 0 Å². The van der Waals surface area contributed by atoms with Gasteiger partial charge in [0.05, 0.1) is 4.92 Å². The molecule has 0 aliphatic heterocycles. The van der Waals surface area contributed by atoms with Gasteiger partial charge in [-0.05, 0) is 24.3 Å². The predicted octanol–water partition coefficient (Wildman–Crippen LogP) is 4.41. The molecular weight excluding hydrogens is 230 g/mol. The number of hydrogen-bond donors (Lipinski definition) is 0. The number of rotatable bonds is 3. The van der Waals surface area contributed by atoms with Crippen LogP contribution in [0.1, 0.15) is 13.8 Å². The van der Waals surface area contributed by atoms with Crippen LogP contribution < -0.4 is 4.74 Å². The van der Waals surface area contributed by atoms with Gasteiger partial charge in [-0.3, -0.25) is 10.1 Å². The van der Waals surface area contributed by atoms with Crippen molar-refractivity contribution in [2.45, 2.75) is 13.8 Å². The van der Waals surface area contributed by atoms with Crippen LogP contribution in [0.2, 0.25) is 0 Å². The first-order chi connectivity index (χ1) is 8.75. The highest BCUT2D eigenvalue weighted by atomic mass is 16.6. The van der Waals surface area contributed by atoms with E-state index in [0.29, 0.717) is 11.5 Å². The zero-order valence-corrected chi connectivity index (χ0v) is 10.4. The minimum absolute atomic E-state index is 0.0559. The summed E-state index contributed by atoms with van der Waals surface area (Å²) in [7, 11) is 0. The van der Waals surface area contributed by atoms with Crippen molar-refractivity contribution in [1.82, 2.24) is 0 Å². The first-order valence-electron chi connectivity index (χ1n) is 5.73. The van der Waals surface area contributed by atoms with Crippen LogP contribution in [0.15, 0.2) is 54.6 Å². The number of ether oxygens (including phenoxy) is 1. The summed E-state index contributed by atoms with van der Waals surface area (Å²) in [6.45, 7) is 4.00. The lowest BCUT2D eigenvalue weighted by Gasteiger charge is -2.04. The number of non-ortho nitro benzene ring substituents is 1. The zero-order valence-electron chi connectivity index (χ0n) is 10.4. The molecule has 0 fully saturated rings. The van der Waals surface area contributed by atoms with Crippen LogP contribution in [0.4, 0.5) is 5.69 Å². The van der Waals surface area contributed by atoms with Gasteiger partial charge < -0.3 is 4.74 Å². The molecule has 0 spiro atoms. The van der Waals surface area contributed by atoms with E-state index in [2.05, 4.69) is 0 Å².